The van der Waals surface area contributed by atoms with Crippen molar-refractivity contribution in [1.82, 2.24) is 15.2 Å². The Morgan fingerprint density at radius 3 is 2.76 bits per heavy atom. The standard InChI is InChI=1S/C15H16ClN3O2/c1-3-19(2)13(20)9-17-15(21)12-8-10-6-4-5-7-11(10)14(16)18-12/h4-8H,3,9H2,1-2H3,(H,17,21). The summed E-state index contributed by atoms with van der Waals surface area (Å²) in [6, 6.07) is 9.07. The van der Waals surface area contributed by atoms with Crippen LogP contribution in [0.3, 0.4) is 0 Å². The van der Waals surface area contributed by atoms with Gasteiger partial charge in [-0.1, -0.05) is 35.9 Å². The van der Waals surface area contributed by atoms with E-state index in [1.165, 1.54) is 4.90 Å². The molecule has 2 amide bonds. The van der Waals surface area contributed by atoms with Gasteiger partial charge >= 0.3 is 0 Å². The van der Waals surface area contributed by atoms with Crippen LogP contribution in [-0.2, 0) is 4.79 Å². The molecule has 0 aliphatic carbocycles. The van der Waals surface area contributed by atoms with Gasteiger partial charge in [-0.2, -0.15) is 0 Å². The van der Waals surface area contributed by atoms with E-state index in [-0.39, 0.29) is 23.3 Å². The molecule has 1 N–H and O–H groups in total. The van der Waals surface area contributed by atoms with Crippen molar-refractivity contribution in [2.75, 3.05) is 20.1 Å². The topological polar surface area (TPSA) is 62.3 Å². The molecule has 0 unspecified atom stereocenters. The molecule has 0 saturated heterocycles. The van der Waals surface area contributed by atoms with Crippen molar-refractivity contribution in [3.8, 4) is 0 Å². The third-order valence-corrected chi connectivity index (χ3v) is 3.51. The monoisotopic (exact) mass is 305 g/mol. The van der Waals surface area contributed by atoms with Crippen LogP contribution >= 0.6 is 11.6 Å². The second-order valence-corrected chi connectivity index (χ2v) is 4.97. The largest absolute Gasteiger partial charge is 0.345 e. The Bertz CT molecular complexity index is 688. The third kappa shape index (κ3) is 3.49. The molecular formula is C15H16ClN3O2. The smallest absolute Gasteiger partial charge is 0.270 e. The van der Waals surface area contributed by atoms with Gasteiger partial charge < -0.3 is 10.2 Å². The lowest BCUT2D eigenvalue weighted by Gasteiger charge is -2.14. The first-order chi connectivity index (χ1) is 10.0. The molecule has 0 atom stereocenters. The number of hydrogen-bond donors (Lipinski definition) is 1. The zero-order chi connectivity index (χ0) is 15.4. The number of pyridine rings is 1. The first kappa shape index (κ1) is 15.3. The van der Waals surface area contributed by atoms with Crippen LogP contribution in [0.15, 0.2) is 30.3 Å². The third-order valence-electron chi connectivity index (χ3n) is 3.23. The van der Waals surface area contributed by atoms with Crippen molar-refractivity contribution in [1.29, 1.82) is 0 Å². The van der Waals surface area contributed by atoms with E-state index in [1.807, 2.05) is 31.2 Å². The van der Waals surface area contributed by atoms with Crippen LogP contribution in [0.4, 0.5) is 0 Å². The van der Waals surface area contributed by atoms with Gasteiger partial charge in [0.05, 0.1) is 6.54 Å². The molecule has 21 heavy (non-hydrogen) atoms. The molecule has 5 nitrogen and oxygen atoms in total. The molecule has 1 heterocycles. The molecule has 110 valence electrons. The molecular weight excluding hydrogens is 290 g/mol. The average Bonchev–Trinajstić information content (AvgIpc) is 2.51. The van der Waals surface area contributed by atoms with Crippen LogP contribution in [0, 0.1) is 0 Å². The Hall–Kier alpha value is -2.14. The van der Waals surface area contributed by atoms with Gasteiger partial charge in [0.15, 0.2) is 0 Å². The number of fused-ring (bicyclic) bond motifs is 1. The van der Waals surface area contributed by atoms with E-state index in [1.54, 1.807) is 13.1 Å². The Balaban J connectivity index is 2.15. The first-order valence-corrected chi connectivity index (χ1v) is 6.98. The maximum Gasteiger partial charge on any atom is 0.270 e. The normalized spacial score (nSPS) is 10.4. The van der Waals surface area contributed by atoms with Crippen LogP contribution in [0.2, 0.25) is 5.15 Å². The fourth-order valence-corrected chi connectivity index (χ4v) is 2.09. The first-order valence-electron chi connectivity index (χ1n) is 6.60. The highest BCUT2D eigenvalue weighted by molar-refractivity contribution is 6.34. The van der Waals surface area contributed by atoms with E-state index in [4.69, 9.17) is 11.6 Å². The average molecular weight is 306 g/mol. The van der Waals surface area contributed by atoms with Gasteiger partial charge in [-0.15, -0.1) is 0 Å². The highest BCUT2D eigenvalue weighted by Crippen LogP contribution is 2.22. The number of amides is 2. The number of likely N-dealkylation sites (N-methyl/N-ethyl adjacent to an activating group) is 1. The number of aromatic nitrogens is 1. The number of carbonyl (C=O) groups is 2. The minimum atomic E-state index is -0.416. The Kier molecular flexibility index (Phi) is 4.75. The SMILES string of the molecule is CCN(C)C(=O)CNC(=O)c1cc2ccccc2c(Cl)n1. The minimum Gasteiger partial charge on any atom is -0.345 e. The lowest BCUT2D eigenvalue weighted by molar-refractivity contribution is -0.128. The molecule has 0 bridgehead atoms. The second kappa shape index (κ2) is 6.54. The zero-order valence-corrected chi connectivity index (χ0v) is 12.6. The summed E-state index contributed by atoms with van der Waals surface area (Å²) in [6.45, 7) is 2.40. The molecule has 2 rings (SSSR count). The number of carbonyl (C=O) groups excluding carboxylic acids is 2. The van der Waals surface area contributed by atoms with Gasteiger partial charge in [0.25, 0.3) is 5.91 Å². The summed E-state index contributed by atoms with van der Waals surface area (Å²) in [7, 11) is 1.68. The molecule has 6 heteroatoms. The predicted molar refractivity (Wildman–Crippen MR) is 82.4 cm³/mol. The maximum absolute atomic E-state index is 12.1. The predicted octanol–water partition coefficient (Wildman–Crippen LogP) is 2.10. The van der Waals surface area contributed by atoms with E-state index >= 15 is 0 Å². The van der Waals surface area contributed by atoms with Crippen LogP contribution in [0.25, 0.3) is 10.8 Å². The number of nitrogens with one attached hydrogen (secondary N) is 1. The minimum absolute atomic E-state index is 0.0602. The van der Waals surface area contributed by atoms with Gasteiger partial charge in [-0.3, -0.25) is 9.59 Å². The van der Waals surface area contributed by atoms with Gasteiger partial charge in [0.1, 0.15) is 10.8 Å². The number of nitrogens with zero attached hydrogens (tertiary/aromatic N) is 2. The highest BCUT2D eigenvalue weighted by atomic mass is 35.5. The highest BCUT2D eigenvalue weighted by Gasteiger charge is 2.13. The molecule has 0 radical (unpaired) electrons. The Labute approximate surface area is 127 Å². The molecule has 1 aromatic carbocycles. The van der Waals surface area contributed by atoms with Gasteiger partial charge in [-0.05, 0) is 18.4 Å². The molecule has 0 fully saturated rings. The lowest BCUT2D eigenvalue weighted by Crippen LogP contribution is -2.38. The van der Waals surface area contributed by atoms with Gasteiger partial charge in [0.2, 0.25) is 5.91 Å². The zero-order valence-electron chi connectivity index (χ0n) is 11.9. The van der Waals surface area contributed by atoms with Crippen molar-refractivity contribution >= 4 is 34.2 Å². The molecule has 0 saturated carbocycles. The van der Waals surface area contributed by atoms with E-state index in [0.29, 0.717) is 6.54 Å². The van der Waals surface area contributed by atoms with Crippen LogP contribution < -0.4 is 5.32 Å². The molecule has 0 aliphatic rings. The van der Waals surface area contributed by atoms with Crippen molar-refractivity contribution in [3.63, 3.8) is 0 Å². The summed E-state index contributed by atoms with van der Waals surface area (Å²) in [5.41, 5.74) is 0.200. The number of rotatable bonds is 4. The number of halogens is 1. The van der Waals surface area contributed by atoms with E-state index in [2.05, 4.69) is 10.3 Å². The maximum atomic E-state index is 12.1. The molecule has 1 aromatic heterocycles. The van der Waals surface area contributed by atoms with E-state index in [9.17, 15) is 9.59 Å². The van der Waals surface area contributed by atoms with Crippen molar-refractivity contribution < 1.29 is 9.59 Å². The quantitative estimate of drug-likeness (QED) is 0.880. The molecule has 0 aliphatic heterocycles. The van der Waals surface area contributed by atoms with Crippen molar-refractivity contribution in [2.45, 2.75) is 6.92 Å². The molecule has 0 spiro atoms. The summed E-state index contributed by atoms with van der Waals surface area (Å²) >= 11 is 6.08. The van der Waals surface area contributed by atoms with Gasteiger partial charge in [0, 0.05) is 19.0 Å². The fourth-order valence-electron chi connectivity index (χ4n) is 1.83. The Morgan fingerprint density at radius 1 is 1.33 bits per heavy atom. The van der Waals surface area contributed by atoms with Gasteiger partial charge in [-0.25, -0.2) is 4.98 Å². The Morgan fingerprint density at radius 2 is 2.05 bits per heavy atom. The second-order valence-electron chi connectivity index (χ2n) is 4.61. The van der Waals surface area contributed by atoms with Crippen LogP contribution in [-0.4, -0.2) is 41.8 Å². The summed E-state index contributed by atoms with van der Waals surface area (Å²) in [5, 5.41) is 4.45. The summed E-state index contributed by atoms with van der Waals surface area (Å²) in [5.74, 6) is -0.571. The van der Waals surface area contributed by atoms with Crippen molar-refractivity contribution in [2.24, 2.45) is 0 Å². The van der Waals surface area contributed by atoms with Crippen LogP contribution in [0.1, 0.15) is 17.4 Å². The van der Waals surface area contributed by atoms with Crippen molar-refractivity contribution in [3.05, 3.63) is 41.2 Å². The van der Waals surface area contributed by atoms with E-state index < -0.39 is 5.91 Å². The van der Waals surface area contributed by atoms with Crippen LogP contribution in [0.5, 0.6) is 0 Å². The molecule has 2 aromatic rings. The fraction of sp³-hybridized carbons (Fsp3) is 0.267. The number of hydrogen-bond acceptors (Lipinski definition) is 3. The summed E-state index contributed by atoms with van der Waals surface area (Å²) < 4.78 is 0. The number of benzene rings is 1. The summed E-state index contributed by atoms with van der Waals surface area (Å²) in [4.78, 5) is 29.3. The lowest BCUT2D eigenvalue weighted by atomic mass is 10.1. The van der Waals surface area contributed by atoms with E-state index in [0.717, 1.165) is 10.8 Å². The summed E-state index contributed by atoms with van der Waals surface area (Å²) in [6.07, 6.45) is 0.